The third kappa shape index (κ3) is 8.04. The summed E-state index contributed by atoms with van der Waals surface area (Å²) in [5, 5.41) is 11.9. The van der Waals surface area contributed by atoms with Crippen molar-refractivity contribution in [3.63, 3.8) is 0 Å². The zero-order chi connectivity index (χ0) is 17.2. The van der Waals surface area contributed by atoms with Crippen molar-refractivity contribution in [3.8, 4) is 0 Å². The quantitative estimate of drug-likeness (QED) is 0.505. The predicted octanol–water partition coefficient (Wildman–Crippen LogP) is 3.25. The van der Waals surface area contributed by atoms with Crippen LogP contribution in [0.4, 0.5) is 0 Å². The molecule has 2 N–H and O–H groups in total. The molecule has 0 spiro atoms. The second kappa shape index (κ2) is 10.3. The van der Waals surface area contributed by atoms with E-state index in [1.54, 1.807) is 11.8 Å². The molecule has 0 bridgehead atoms. The van der Waals surface area contributed by atoms with Crippen LogP contribution in [-0.2, 0) is 14.3 Å². The molecule has 23 heavy (non-hydrogen) atoms. The Morgan fingerprint density at radius 2 is 1.91 bits per heavy atom. The van der Waals surface area contributed by atoms with Crippen LogP contribution in [0.25, 0.3) is 0 Å². The molecule has 1 amide bonds. The average molecular weight is 339 g/mol. The Labute approximate surface area is 141 Å². The van der Waals surface area contributed by atoms with Crippen LogP contribution in [0, 0.1) is 0 Å². The summed E-state index contributed by atoms with van der Waals surface area (Å²) in [4.78, 5) is 24.2. The summed E-state index contributed by atoms with van der Waals surface area (Å²) in [6, 6.07) is 7.07. The largest absolute Gasteiger partial charge is 0.481 e. The maximum atomic E-state index is 12.0. The number of aliphatic carboxylic acids is 1. The summed E-state index contributed by atoms with van der Waals surface area (Å²) in [5.74, 6) is -1.09. The number of carboxylic acids is 1. The maximum absolute atomic E-state index is 12.0. The first-order valence-corrected chi connectivity index (χ1v) is 8.91. The molecule has 1 atom stereocenters. The normalized spacial score (nSPS) is 12.2. The lowest BCUT2D eigenvalue weighted by molar-refractivity contribution is -0.137. The molecule has 6 heteroatoms. The van der Waals surface area contributed by atoms with Crippen molar-refractivity contribution < 1.29 is 19.4 Å². The summed E-state index contributed by atoms with van der Waals surface area (Å²) < 4.78 is 5.40. The minimum absolute atomic E-state index is 0.132. The molecule has 0 fully saturated rings. The molecule has 0 aliphatic heterocycles. The number of carbonyl (C=O) groups excluding carboxylic acids is 1. The van der Waals surface area contributed by atoms with Crippen LogP contribution in [0.5, 0.6) is 0 Å². The monoisotopic (exact) mass is 339 g/mol. The molecule has 1 aromatic carbocycles. The van der Waals surface area contributed by atoms with Crippen molar-refractivity contribution in [1.82, 2.24) is 5.32 Å². The third-order valence-corrected chi connectivity index (χ3v) is 3.98. The number of carboxylic acid groups (broad SMARTS) is 1. The number of rotatable bonds is 10. The number of nitrogens with one attached hydrogen (secondary N) is 1. The number of ether oxygens (including phenoxy) is 1. The van der Waals surface area contributed by atoms with Gasteiger partial charge in [-0.15, -0.1) is 11.8 Å². The minimum Gasteiger partial charge on any atom is -0.481 e. The van der Waals surface area contributed by atoms with Gasteiger partial charge in [0.05, 0.1) is 18.6 Å². The van der Waals surface area contributed by atoms with Gasteiger partial charge in [0.1, 0.15) is 0 Å². The number of hydrogen-bond donors (Lipinski definition) is 2. The molecule has 1 unspecified atom stereocenters. The fraction of sp³-hybridized carbons (Fsp3) is 0.529. The molecule has 0 saturated heterocycles. The van der Waals surface area contributed by atoms with Gasteiger partial charge in [0.25, 0.3) is 0 Å². The van der Waals surface area contributed by atoms with Crippen LogP contribution < -0.4 is 5.32 Å². The van der Waals surface area contributed by atoms with Crippen molar-refractivity contribution in [2.24, 2.45) is 0 Å². The number of amides is 1. The molecule has 1 aromatic rings. The van der Waals surface area contributed by atoms with Gasteiger partial charge in [-0.2, -0.15) is 0 Å². The van der Waals surface area contributed by atoms with Gasteiger partial charge >= 0.3 is 5.97 Å². The first kappa shape index (κ1) is 19.5. The fourth-order valence-corrected chi connectivity index (χ4v) is 2.49. The van der Waals surface area contributed by atoms with Crippen molar-refractivity contribution in [2.75, 3.05) is 12.9 Å². The van der Waals surface area contributed by atoms with E-state index in [0.717, 1.165) is 10.5 Å². The van der Waals surface area contributed by atoms with Crippen LogP contribution >= 0.6 is 11.8 Å². The maximum Gasteiger partial charge on any atom is 0.305 e. The molecular formula is C17H25NO4S. The van der Waals surface area contributed by atoms with E-state index in [0.29, 0.717) is 19.4 Å². The van der Waals surface area contributed by atoms with E-state index in [1.807, 2.05) is 44.4 Å². The molecule has 128 valence electrons. The topological polar surface area (TPSA) is 75.6 Å². The van der Waals surface area contributed by atoms with Gasteiger partial charge in [-0.3, -0.25) is 9.59 Å². The van der Waals surface area contributed by atoms with Gasteiger partial charge < -0.3 is 15.2 Å². The Balaban J connectivity index is 2.59. The Morgan fingerprint density at radius 1 is 1.26 bits per heavy atom. The van der Waals surface area contributed by atoms with Gasteiger partial charge in [-0.1, -0.05) is 12.1 Å². The third-order valence-electron chi connectivity index (χ3n) is 3.23. The lowest BCUT2D eigenvalue weighted by atomic mass is 10.0. The first-order chi connectivity index (χ1) is 10.9. The lowest BCUT2D eigenvalue weighted by Gasteiger charge is -2.18. The van der Waals surface area contributed by atoms with E-state index >= 15 is 0 Å². The van der Waals surface area contributed by atoms with Crippen LogP contribution in [-0.4, -0.2) is 35.9 Å². The second-order valence-corrected chi connectivity index (χ2v) is 6.39. The lowest BCUT2D eigenvalue weighted by Crippen LogP contribution is -2.30. The number of carbonyl (C=O) groups is 2. The van der Waals surface area contributed by atoms with Crippen molar-refractivity contribution >= 4 is 23.6 Å². The van der Waals surface area contributed by atoms with Crippen molar-refractivity contribution in [3.05, 3.63) is 29.8 Å². The predicted molar refractivity (Wildman–Crippen MR) is 91.7 cm³/mol. The van der Waals surface area contributed by atoms with Crippen molar-refractivity contribution in [1.29, 1.82) is 0 Å². The Bertz CT molecular complexity index is 502. The molecule has 1 rings (SSSR count). The highest BCUT2D eigenvalue weighted by Gasteiger charge is 2.18. The van der Waals surface area contributed by atoms with Crippen molar-refractivity contribution in [2.45, 2.75) is 50.2 Å². The average Bonchev–Trinajstić information content (AvgIpc) is 2.50. The highest BCUT2D eigenvalue weighted by molar-refractivity contribution is 7.98. The summed E-state index contributed by atoms with van der Waals surface area (Å²) in [6.45, 7) is 4.42. The molecule has 0 aromatic heterocycles. The molecule has 0 saturated carbocycles. The molecule has 0 aliphatic rings. The van der Waals surface area contributed by atoms with E-state index in [4.69, 9.17) is 9.84 Å². The fourth-order valence-electron chi connectivity index (χ4n) is 2.08. The molecule has 0 heterocycles. The van der Waals surface area contributed by atoms with E-state index in [2.05, 4.69) is 5.32 Å². The molecule has 5 nitrogen and oxygen atoms in total. The van der Waals surface area contributed by atoms with Crippen LogP contribution in [0.3, 0.4) is 0 Å². The highest BCUT2D eigenvalue weighted by atomic mass is 32.2. The summed E-state index contributed by atoms with van der Waals surface area (Å²) in [5.41, 5.74) is 0.803. The SMILES string of the molecule is CSc1ccc(C(CC(=O)O)NC(=O)CCCOC(C)C)cc1. The van der Waals surface area contributed by atoms with Gasteiger partial charge in [0.2, 0.25) is 5.91 Å². The van der Waals surface area contributed by atoms with Crippen LogP contribution in [0.15, 0.2) is 29.2 Å². The molecular weight excluding hydrogens is 314 g/mol. The zero-order valence-corrected chi connectivity index (χ0v) is 14.7. The zero-order valence-electron chi connectivity index (χ0n) is 13.9. The Hall–Kier alpha value is -1.53. The van der Waals surface area contributed by atoms with E-state index in [9.17, 15) is 9.59 Å². The smallest absolute Gasteiger partial charge is 0.305 e. The summed E-state index contributed by atoms with van der Waals surface area (Å²) >= 11 is 1.62. The number of thioether (sulfide) groups is 1. The van der Waals surface area contributed by atoms with Crippen LogP contribution in [0.1, 0.15) is 44.7 Å². The minimum atomic E-state index is -0.938. The second-order valence-electron chi connectivity index (χ2n) is 5.51. The molecule has 0 aliphatic carbocycles. The summed E-state index contributed by atoms with van der Waals surface area (Å²) in [6.07, 6.45) is 2.94. The van der Waals surface area contributed by atoms with Gasteiger partial charge in [-0.25, -0.2) is 0 Å². The van der Waals surface area contributed by atoms with E-state index in [1.165, 1.54) is 0 Å². The first-order valence-electron chi connectivity index (χ1n) is 7.69. The van der Waals surface area contributed by atoms with E-state index in [-0.39, 0.29) is 18.4 Å². The Morgan fingerprint density at radius 3 is 2.43 bits per heavy atom. The number of benzene rings is 1. The molecule has 0 radical (unpaired) electrons. The standard InChI is InChI=1S/C17H25NO4S/c1-12(2)22-10-4-5-16(19)18-15(11-17(20)21)13-6-8-14(23-3)9-7-13/h6-9,12,15H,4-5,10-11H2,1-3H3,(H,18,19)(H,20,21). The van der Waals surface area contributed by atoms with Gasteiger partial charge in [0.15, 0.2) is 0 Å². The van der Waals surface area contributed by atoms with Gasteiger partial charge in [0, 0.05) is 17.9 Å². The van der Waals surface area contributed by atoms with E-state index < -0.39 is 12.0 Å². The summed E-state index contributed by atoms with van der Waals surface area (Å²) in [7, 11) is 0. The van der Waals surface area contributed by atoms with Crippen LogP contribution in [0.2, 0.25) is 0 Å². The number of hydrogen-bond acceptors (Lipinski definition) is 4. The Kier molecular flexibility index (Phi) is 8.73. The van der Waals surface area contributed by atoms with Gasteiger partial charge in [-0.05, 0) is 44.2 Å². The highest BCUT2D eigenvalue weighted by Crippen LogP contribution is 2.21.